The van der Waals surface area contributed by atoms with Crippen molar-refractivity contribution < 1.29 is 14.3 Å². The Morgan fingerprint density at radius 3 is 2.52 bits per heavy atom. The first-order valence-electron chi connectivity index (χ1n) is 10.5. The van der Waals surface area contributed by atoms with E-state index >= 15 is 0 Å². The van der Waals surface area contributed by atoms with Gasteiger partial charge in [-0.1, -0.05) is 32.0 Å². The van der Waals surface area contributed by atoms with Gasteiger partial charge in [0.05, 0.1) is 31.4 Å². The third-order valence-corrected chi connectivity index (χ3v) is 5.28. The topological polar surface area (TPSA) is 91.2 Å². The molecule has 2 heterocycles. The molecule has 31 heavy (non-hydrogen) atoms. The maximum Gasteiger partial charge on any atom is 0.224 e. The molecule has 0 saturated carbocycles. The summed E-state index contributed by atoms with van der Waals surface area (Å²) in [6.45, 7) is 7.32. The van der Waals surface area contributed by atoms with Crippen molar-refractivity contribution in [2.75, 3.05) is 13.2 Å². The fourth-order valence-electron chi connectivity index (χ4n) is 3.64. The number of tetrazole rings is 1. The molecule has 2 aromatic carbocycles. The van der Waals surface area contributed by atoms with Gasteiger partial charge in [0, 0.05) is 6.42 Å². The van der Waals surface area contributed by atoms with Crippen LogP contribution in [0.5, 0.6) is 11.5 Å². The van der Waals surface area contributed by atoms with Gasteiger partial charge >= 0.3 is 0 Å². The summed E-state index contributed by atoms with van der Waals surface area (Å²) in [5.41, 5.74) is 2.80. The molecule has 3 aromatic rings. The second kappa shape index (κ2) is 9.16. The Bertz CT molecular complexity index is 1050. The molecule has 0 unspecified atom stereocenters. The first-order valence-corrected chi connectivity index (χ1v) is 10.5. The number of aryl methyl sites for hydroxylation is 1. The molecule has 8 heteroatoms. The van der Waals surface area contributed by atoms with Crippen molar-refractivity contribution in [1.29, 1.82) is 0 Å². The molecule has 1 aliphatic rings. The van der Waals surface area contributed by atoms with Gasteiger partial charge in [0.25, 0.3) is 0 Å². The number of nitrogens with zero attached hydrogens (tertiary/aromatic N) is 4. The van der Waals surface area contributed by atoms with Gasteiger partial charge in [-0.05, 0) is 58.7 Å². The summed E-state index contributed by atoms with van der Waals surface area (Å²) in [4.78, 5) is 12.8. The Morgan fingerprint density at radius 2 is 1.84 bits per heavy atom. The lowest BCUT2D eigenvalue weighted by Gasteiger charge is -2.24. The van der Waals surface area contributed by atoms with Gasteiger partial charge in [0.1, 0.15) is 0 Å². The maximum absolute atomic E-state index is 12.8. The average molecular weight is 422 g/mol. The van der Waals surface area contributed by atoms with Crippen LogP contribution in [0, 0.1) is 12.8 Å². The van der Waals surface area contributed by atoms with Gasteiger partial charge in [0.15, 0.2) is 17.3 Å². The lowest BCUT2D eigenvalue weighted by molar-refractivity contribution is -0.121. The molecular formula is C23H27N5O3. The summed E-state index contributed by atoms with van der Waals surface area (Å²) in [5.74, 6) is 2.40. The highest BCUT2D eigenvalue weighted by Crippen LogP contribution is 2.34. The molecule has 8 nitrogen and oxygen atoms in total. The fourth-order valence-corrected chi connectivity index (χ4v) is 3.64. The lowest BCUT2D eigenvalue weighted by Crippen LogP contribution is -2.32. The molecule has 1 aliphatic heterocycles. The zero-order valence-corrected chi connectivity index (χ0v) is 18.0. The van der Waals surface area contributed by atoms with Gasteiger partial charge in [-0.2, -0.15) is 4.68 Å². The van der Waals surface area contributed by atoms with Crippen molar-refractivity contribution in [2.45, 2.75) is 39.7 Å². The van der Waals surface area contributed by atoms with Gasteiger partial charge in [-0.25, -0.2) is 0 Å². The highest BCUT2D eigenvalue weighted by Gasteiger charge is 2.21. The smallest absolute Gasteiger partial charge is 0.224 e. The third-order valence-electron chi connectivity index (χ3n) is 5.28. The number of aromatic nitrogens is 4. The second-order valence-corrected chi connectivity index (χ2v) is 8.03. The summed E-state index contributed by atoms with van der Waals surface area (Å²) in [6, 6.07) is 13.5. The monoisotopic (exact) mass is 421 g/mol. The normalized spacial score (nSPS) is 14.2. The Kier molecular flexibility index (Phi) is 6.16. The summed E-state index contributed by atoms with van der Waals surface area (Å²) >= 11 is 0. The van der Waals surface area contributed by atoms with Crippen LogP contribution in [-0.2, 0) is 11.2 Å². The van der Waals surface area contributed by atoms with E-state index < -0.39 is 0 Å². The number of rotatable bonds is 6. The molecule has 0 fully saturated rings. The van der Waals surface area contributed by atoms with E-state index in [0.29, 0.717) is 25.5 Å². The number of carbonyl (C=O) groups excluding carboxylic acids is 1. The highest BCUT2D eigenvalue weighted by molar-refractivity contribution is 5.79. The van der Waals surface area contributed by atoms with E-state index in [9.17, 15) is 4.79 Å². The number of amides is 1. The first kappa shape index (κ1) is 20.8. The molecule has 0 spiro atoms. The SMILES string of the molecule is Cc1nnnn1-c1ccc(CC(=O)N[C@@H](c2ccc3c(c2)OCCCO3)C(C)C)cc1. The van der Waals surface area contributed by atoms with E-state index in [0.717, 1.165) is 34.7 Å². The summed E-state index contributed by atoms with van der Waals surface area (Å²) in [7, 11) is 0. The van der Waals surface area contributed by atoms with E-state index in [-0.39, 0.29) is 17.9 Å². The predicted molar refractivity (Wildman–Crippen MR) is 115 cm³/mol. The fraction of sp³-hybridized carbons (Fsp3) is 0.391. The van der Waals surface area contributed by atoms with Crippen LogP contribution < -0.4 is 14.8 Å². The molecule has 1 N–H and O–H groups in total. The van der Waals surface area contributed by atoms with Gasteiger partial charge in [-0.3, -0.25) is 4.79 Å². The Balaban J connectivity index is 1.44. The van der Waals surface area contributed by atoms with E-state index in [4.69, 9.17) is 9.47 Å². The minimum absolute atomic E-state index is 0.0304. The number of fused-ring (bicyclic) bond motifs is 1. The van der Waals surface area contributed by atoms with Crippen LogP contribution in [-0.4, -0.2) is 39.3 Å². The second-order valence-electron chi connectivity index (χ2n) is 8.03. The minimum Gasteiger partial charge on any atom is -0.490 e. The molecule has 0 aliphatic carbocycles. The molecule has 1 aromatic heterocycles. The largest absolute Gasteiger partial charge is 0.490 e. The molecule has 4 rings (SSSR count). The number of ether oxygens (including phenoxy) is 2. The van der Waals surface area contributed by atoms with Crippen molar-refractivity contribution >= 4 is 5.91 Å². The van der Waals surface area contributed by atoms with E-state index in [1.165, 1.54) is 0 Å². The molecule has 162 valence electrons. The van der Waals surface area contributed by atoms with E-state index in [1.54, 1.807) is 4.68 Å². The van der Waals surface area contributed by atoms with Crippen LogP contribution in [0.3, 0.4) is 0 Å². The number of hydrogen-bond donors (Lipinski definition) is 1. The standard InChI is InChI=1S/C23H27N5O3/c1-15(2)23(18-7-10-20-21(14-18)31-12-4-11-30-20)24-22(29)13-17-5-8-19(9-6-17)28-16(3)25-26-27-28/h5-10,14-15,23H,4,11-13H2,1-3H3,(H,24,29)/t23-/m1/s1. The van der Waals surface area contributed by atoms with Crippen molar-refractivity contribution in [2.24, 2.45) is 5.92 Å². The molecule has 1 atom stereocenters. The minimum atomic E-state index is -0.118. The third kappa shape index (κ3) is 4.84. The maximum atomic E-state index is 12.8. The zero-order valence-electron chi connectivity index (χ0n) is 18.0. The Hall–Kier alpha value is -3.42. The van der Waals surface area contributed by atoms with Crippen LogP contribution >= 0.6 is 0 Å². The van der Waals surface area contributed by atoms with Crippen LogP contribution in [0.2, 0.25) is 0 Å². The van der Waals surface area contributed by atoms with Crippen LogP contribution in [0.15, 0.2) is 42.5 Å². The van der Waals surface area contributed by atoms with Gasteiger partial charge in [0.2, 0.25) is 5.91 Å². The number of carbonyl (C=O) groups is 1. The van der Waals surface area contributed by atoms with Crippen LogP contribution in [0.1, 0.15) is 43.3 Å². The average Bonchev–Trinajstić information content (AvgIpc) is 3.04. The molecule has 0 bridgehead atoms. The van der Waals surface area contributed by atoms with Gasteiger partial charge in [-0.15, -0.1) is 5.10 Å². The molecular weight excluding hydrogens is 394 g/mol. The van der Waals surface area contributed by atoms with Crippen molar-refractivity contribution in [3.63, 3.8) is 0 Å². The van der Waals surface area contributed by atoms with Crippen molar-refractivity contribution in [1.82, 2.24) is 25.5 Å². The Labute approximate surface area is 181 Å². The van der Waals surface area contributed by atoms with Crippen molar-refractivity contribution in [3.05, 3.63) is 59.4 Å². The molecule has 0 saturated heterocycles. The van der Waals surface area contributed by atoms with E-state index in [1.807, 2.05) is 49.4 Å². The molecule has 0 radical (unpaired) electrons. The quantitative estimate of drug-likeness (QED) is 0.657. The highest BCUT2D eigenvalue weighted by atomic mass is 16.5. The number of hydrogen-bond acceptors (Lipinski definition) is 6. The Morgan fingerprint density at radius 1 is 1.10 bits per heavy atom. The van der Waals surface area contributed by atoms with Crippen LogP contribution in [0.25, 0.3) is 5.69 Å². The van der Waals surface area contributed by atoms with E-state index in [2.05, 4.69) is 34.7 Å². The summed E-state index contributed by atoms with van der Waals surface area (Å²) in [6.07, 6.45) is 1.16. The summed E-state index contributed by atoms with van der Waals surface area (Å²) in [5, 5.41) is 14.7. The lowest BCUT2D eigenvalue weighted by atomic mass is 9.95. The predicted octanol–water partition coefficient (Wildman–Crippen LogP) is 3.19. The van der Waals surface area contributed by atoms with Crippen molar-refractivity contribution in [3.8, 4) is 17.2 Å². The summed E-state index contributed by atoms with van der Waals surface area (Å²) < 4.78 is 13.2. The van der Waals surface area contributed by atoms with Crippen LogP contribution in [0.4, 0.5) is 0 Å². The van der Waals surface area contributed by atoms with Gasteiger partial charge < -0.3 is 14.8 Å². The molecule has 1 amide bonds. The first-order chi connectivity index (χ1) is 15.0. The number of nitrogens with one attached hydrogen (secondary N) is 1. The zero-order chi connectivity index (χ0) is 21.8. The number of benzene rings is 2.